The summed E-state index contributed by atoms with van der Waals surface area (Å²) in [7, 11) is 3.09. The number of hydrogen-bond donors (Lipinski definition) is 0. The summed E-state index contributed by atoms with van der Waals surface area (Å²) in [6, 6.07) is 17.8. The molecule has 0 atom stereocenters. The highest BCUT2D eigenvalue weighted by atomic mass is 32.2. The Labute approximate surface area is 175 Å². The van der Waals surface area contributed by atoms with Crippen LogP contribution >= 0.6 is 0 Å². The number of rotatable bonds is 3. The first kappa shape index (κ1) is 20.1. The van der Waals surface area contributed by atoms with Crippen LogP contribution in [0.25, 0.3) is 33.4 Å². The van der Waals surface area contributed by atoms with Gasteiger partial charge < -0.3 is 13.9 Å². The van der Waals surface area contributed by atoms with Gasteiger partial charge in [0.2, 0.25) is 5.36 Å². The SMILES string of the molecule is CN(C)c1ccc2c(-c3ccccc3S(=O)(=O)[O-])c3ccc(=[N+](C)C)cc-3oc2c1. The van der Waals surface area contributed by atoms with E-state index in [1.807, 2.05) is 74.1 Å². The van der Waals surface area contributed by atoms with Gasteiger partial charge in [0.05, 0.1) is 11.0 Å². The van der Waals surface area contributed by atoms with Gasteiger partial charge in [-0.05, 0) is 24.3 Å². The van der Waals surface area contributed by atoms with Crippen molar-refractivity contribution in [2.45, 2.75) is 4.90 Å². The van der Waals surface area contributed by atoms with E-state index in [-0.39, 0.29) is 4.90 Å². The molecule has 0 amide bonds. The van der Waals surface area contributed by atoms with Crippen LogP contribution in [0.2, 0.25) is 0 Å². The van der Waals surface area contributed by atoms with Crippen molar-refractivity contribution < 1.29 is 17.4 Å². The first-order valence-corrected chi connectivity index (χ1v) is 10.8. The zero-order valence-electron chi connectivity index (χ0n) is 17.2. The van der Waals surface area contributed by atoms with Crippen molar-refractivity contribution in [3.63, 3.8) is 0 Å². The van der Waals surface area contributed by atoms with Crippen molar-refractivity contribution in [2.75, 3.05) is 33.1 Å². The summed E-state index contributed by atoms with van der Waals surface area (Å²) < 4.78 is 44.2. The summed E-state index contributed by atoms with van der Waals surface area (Å²) in [5.74, 6) is 0.609. The van der Waals surface area contributed by atoms with Gasteiger partial charge in [-0.1, -0.05) is 18.2 Å². The molecule has 6 nitrogen and oxygen atoms in total. The number of nitrogens with zero attached hydrogens (tertiary/aromatic N) is 2. The third kappa shape index (κ3) is 3.46. The fourth-order valence-corrected chi connectivity index (χ4v) is 4.29. The molecule has 1 heterocycles. The summed E-state index contributed by atoms with van der Waals surface area (Å²) in [6.07, 6.45) is 0. The Balaban J connectivity index is 2.21. The van der Waals surface area contributed by atoms with Gasteiger partial charge in [-0.15, -0.1) is 0 Å². The fraction of sp³-hybridized carbons (Fsp3) is 0.174. The Bertz CT molecular complexity index is 1410. The van der Waals surface area contributed by atoms with E-state index in [1.165, 1.54) is 6.07 Å². The Kier molecular flexibility index (Phi) is 4.88. The highest BCUT2D eigenvalue weighted by Gasteiger charge is 2.21. The quantitative estimate of drug-likeness (QED) is 0.288. The third-order valence-corrected chi connectivity index (χ3v) is 6.04. The first-order chi connectivity index (χ1) is 14.2. The smallest absolute Gasteiger partial charge is 0.203 e. The highest BCUT2D eigenvalue weighted by molar-refractivity contribution is 7.85. The van der Waals surface area contributed by atoms with E-state index < -0.39 is 10.1 Å². The maximum absolute atomic E-state index is 12.0. The van der Waals surface area contributed by atoms with Crippen LogP contribution in [0.4, 0.5) is 5.69 Å². The maximum Gasteiger partial charge on any atom is 0.203 e. The summed E-state index contributed by atoms with van der Waals surface area (Å²) in [6.45, 7) is 0. The van der Waals surface area contributed by atoms with Gasteiger partial charge in [0.15, 0.2) is 0 Å². The first-order valence-electron chi connectivity index (χ1n) is 9.40. The topological polar surface area (TPSA) is 76.6 Å². The Morgan fingerprint density at radius 2 is 1.67 bits per heavy atom. The average molecular weight is 423 g/mol. The van der Waals surface area contributed by atoms with Crippen LogP contribution < -0.4 is 14.8 Å². The number of hydrogen-bond acceptors (Lipinski definition) is 5. The maximum atomic E-state index is 12.0. The van der Waals surface area contributed by atoms with E-state index >= 15 is 0 Å². The molecule has 0 saturated carbocycles. The summed E-state index contributed by atoms with van der Waals surface area (Å²) >= 11 is 0. The Morgan fingerprint density at radius 1 is 0.933 bits per heavy atom. The Morgan fingerprint density at radius 3 is 2.33 bits per heavy atom. The molecule has 7 heteroatoms. The molecule has 4 rings (SSSR count). The van der Waals surface area contributed by atoms with Gasteiger partial charge in [0, 0.05) is 54.0 Å². The van der Waals surface area contributed by atoms with Crippen LogP contribution in [-0.2, 0) is 10.1 Å². The predicted molar refractivity (Wildman–Crippen MR) is 118 cm³/mol. The fourth-order valence-electron chi connectivity index (χ4n) is 3.61. The number of benzene rings is 3. The largest absolute Gasteiger partial charge is 0.744 e. The standard InChI is InChI=1S/C23H22N2O4S/c1-24(2)15-9-11-17-20(13-15)29-21-14-16(25(3)4)10-12-18(21)23(17)19-7-5-6-8-22(19)30(26,27)28/h5-14H,1-4H3. The van der Waals surface area contributed by atoms with Gasteiger partial charge in [0.1, 0.15) is 35.6 Å². The summed E-state index contributed by atoms with van der Waals surface area (Å²) in [4.78, 5) is 1.72. The van der Waals surface area contributed by atoms with Crippen LogP contribution in [-0.4, -0.2) is 41.2 Å². The lowest BCUT2D eigenvalue weighted by atomic mass is 9.93. The molecule has 2 aliphatic rings. The van der Waals surface area contributed by atoms with Crippen LogP contribution in [0.5, 0.6) is 0 Å². The van der Waals surface area contributed by atoms with Gasteiger partial charge in [-0.2, -0.15) is 0 Å². The van der Waals surface area contributed by atoms with Crippen molar-refractivity contribution in [3.05, 3.63) is 66.0 Å². The van der Waals surface area contributed by atoms with Gasteiger partial charge in [-0.3, -0.25) is 0 Å². The zero-order chi connectivity index (χ0) is 21.6. The second kappa shape index (κ2) is 7.27. The Hall–Kier alpha value is -3.16. The molecule has 2 aromatic carbocycles. The molecule has 2 aromatic rings. The van der Waals surface area contributed by atoms with Crippen molar-refractivity contribution in [1.82, 2.24) is 4.58 Å². The van der Waals surface area contributed by atoms with E-state index in [0.29, 0.717) is 22.5 Å². The average Bonchev–Trinajstić information content (AvgIpc) is 2.70. The van der Waals surface area contributed by atoms with E-state index in [1.54, 1.807) is 18.2 Å². The molecule has 0 saturated heterocycles. The molecular weight excluding hydrogens is 400 g/mol. The predicted octanol–water partition coefficient (Wildman–Crippen LogP) is 3.21. The third-order valence-electron chi connectivity index (χ3n) is 5.15. The molecule has 0 unspecified atom stereocenters. The van der Waals surface area contributed by atoms with E-state index in [0.717, 1.165) is 22.0 Å². The second-order valence-corrected chi connectivity index (χ2v) is 8.93. The molecule has 0 aromatic heterocycles. The molecule has 1 aliphatic carbocycles. The molecule has 0 radical (unpaired) electrons. The normalized spacial score (nSPS) is 11.8. The van der Waals surface area contributed by atoms with Gasteiger partial charge >= 0.3 is 0 Å². The molecule has 0 bridgehead atoms. The van der Waals surface area contributed by atoms with Crippen molar-refractivity contribution in [2.24, 2.45) is 0 Å². The molecule has 30 heavy (non-hydrogen) atoms. The van der Waals surface area contributed by atoms with Crippen LogP contribution in [0.3, 0.4) is 0 Å². The monoisotopic (exact) mass is 422 g/mol. The van der Waals surface area contributed by atoms with Crippen molar-refractivity contribution in [1.29, 1.82) is 0 Å². The van der Waals surface area contributed by atoms with Crippen LogP contribution in [0.1, 0.15) is 0 Å². The minimum Gasteiger partial charge on any atom is -0.744 e. The van der Waals surface area contributed by atoms with Crippen molar-refractivity contribution in [3.8, 4) is 22.5 Å². The van der Waals surface area contributed by atoms with E-state index in [2.05, 4.69) is 0 Å². The minimum atomic E-state index is -4.66. The van der Waals surface area contributed by atoms with E-state index in [4.69, 9.17) is 4.42 Å². The second-order valence-electron chi connectivity index (χ2n) is 7.58. The number of fused-ring (bicyclic) bond motifs is 2. The van der Waals surface area contributed by atoms with Crippen molar-refractivity contribution >= 4 is 26.8 Å². The number of anilines is 1. The molecule has 1 aliphatic heterocycles. The van der Waals surface area contributed by atoms with E-state index in [9.17, 15) is 13.0 Å². The van der Waals surface area contributed by atoms with Crippen LogP contribution in [0.15, 0.2) is 70.0 Å². The highest BCUT2D eigenvalue weighted by Crippen LogP contribution is 2.42. The zero-order valence-corrected chi connectivity index (χ0v) is 18.0. The summed E-state index contributed by atoms with van der Waals surface area (Å²) in [5.41, 5.74) is 3.33. The molecule has 0 spiro atoms. The molecule has 0 N–H and O–H groups in total. The van der Waals surface area contributed by atoms with Crippen LogP contribution in [0, 0.1) is 0 Å². The molecule has 0 fully saturated rings. The molecular formula is C23H22N2O4S. The van der Waals surface area contributed by atoms with Gasteiger partial charge in [0.25, 0.3) is 0 Å². The molecule has 154 valence electrons. The van der Waals surface area contributed by atoms with Gasteiger partial charge in [-0.25, -0.2) is 13.0 Å². The lowest BCUT2D eigenvalue weighted by Crippen LogP contribution is -2.21. The lowest BCUT2D eigenvalue weighted by molar-refractivity contribution is 0.463. The lowest BCUT2D eigenvalue weighted by Gasteiger charge is -2.20. The minimum absolute atomic E-state index is 0.243. The summed E-state index contributed by atoms with van der Waals surface area (Å²) in [5, 5.41) is 1.69.